The van der Waals surface area contributed by atoms with Crippen LogP contribution in [0.15, 0.2) is 42.6 Å². The van der Waals surface area contributed by atoms with E-state index < -0.39 is 0 Å². The minimum atomic E-state index is 0.115. The molecular weight excluding hydrogens is 328 g/mol. The second kappa shape index (κ2) is 7.08. The molecule has 3 atom stereocenters. The number of rotatable bonds is 5. The van der Waals surface area contributed by atoms with Crippen LogP contribution in [0.3, 0.4) is 0 Å². The Kier molecular flexibility index (Phi) is 4.64. The SMILES string of the molecule is Cc1ncccc1OC1C[C@@H]2CN(CC(=O)c3ccc(O)cc3)C[C@@H]2C1. The van der Waals surface area contributed by atoms with Crippen molar-refractivity contribution in [3.05, 3.63) is 53.9 Å². The number of likely N-dealkylation sites (tertiary alicyclic amines) is 1. The van der Waals surface area contributed by atoms with Crippen molar-refractivity contribution in [2.45, 2.75) is 25.9 Å². The molecular formula is C21H24N2O3. The molecule has 2 aromatic rings. The van der Waals surface area contributed by atoms with E-state index >= 15 is 0 Å². The van der Waals surface area contributed by atoms with Gasteiger partial charge in [-0.1, -0.05) is 0 Å². The third-order valence-electron chi connectivity index (χ3n) is 5.59. The smallest absolute Gasteiger partial charge is 0.176 e. The number of phenolic OH excluding ortho intramolecular Hbond substituents is 1. The van der Waals surface area contributed by atoms with Gasteiger partial charge in [-0.15, -0.1) is 0 Å². The van der Waals surface area contributed by atoms with Gasteiger partial charge in [-0.25, -0.2) is 0 Å². The van der Waals surface area contributed by atoms with Gasteiger partial charge in [0.2, 0.25) is 0 Å². The Hall–Kier alpha value is -2.40. The number of aromatic hydroxyl groups is 1. The van der Waals surface area contributed by atoms with Gasteiger partial charge in [0.15, 0.2) is 5.78 Å². The fraction of sp³-hybridized carbons (Fsp3) is 0.429. The number of nitrogens with zero attached hydrogens (tertiary/aromatic N) is 2. The summed E-state index contributed by atoms with van der Waals surface area (Å²) in [5, 5.41) is 9.34. The molecule has 2 fully saturated rings. The number of carbonyl (C=O) groups excluding carboxylic acids is 1. The lowest BCUT2D eigenvalue weighted by Crippen LogP contribution is -2.30. The molecule has 1 unspecified atom stereocenters. The maximum Gasteiger partial charge on any atom is 0.176 e. The molecule has 1 saturated carbocycles. The van der Waals surface area contributed by atoms with E-state index in [1.807, 2.05) is 19.1 Å². The van der Waals surface area contributed by atoms with E-state index in [9.17, 15) is 9.90 Å². The topological polar surface area (TPSA) is 62.7 Å². The van der Waals surface area contributed by atoms with Crippen molar-refractivity contribution in [2.24, 2.45) is 11.8 Å². The highest BCUT2D eigenvalue weighted by atomic mass is 16.5. The molecule has 5 nitrogen and oxygen atoms in total. The van der Waals surface area contributed by atoms with Crippen molar-refractivity contribution in [1.29, 1.82) is 0 Å². The molecule has 1 aliphatic heterocycles. The van der Waals surface area contributed by atoms with Gasteiger partial charge in [-0.2, -0.15) is 0 Å². The number of fused-ring (bicyclic) bond motifs is 1. The van der Waals surface area contributed by atoms with Crippen LogP contribution in [0.4, 0.5) is 0 Å². The van der Waals surface area contributed by atoms with Crippen LogP contribution in [-0.2, 0) is 0 Å². The first-order valence-electron chi connectivity index (χ1n) is 9.21. The summed E-state index contributed by atoms with van der Waals surface area (Å²) in [5.74, 6) is 2.39. The van der Waals surface area contributed by atoms with Gasteiger partial charge in [-0.3, -0.25) is 14.7 Å². The number of hydrogen-bond donors (Lipinski definition) is 1. The van der Waals surface area contributed by atoms with Crippen LogP contribution >= 0.6 is 0 Å². The monoisotopic (exact) mass is 352 g/mol. The highest BCUT2D eigenvalue weighted by Crippen LogP contribution is 2.40. The maximum absolute atomic E-state index is 12.4. The summed E-state index contributed by atoms with van der Waals surface area (Å²) in [4.78, 5) is 19.0. The average molecular weight is 352 g/mol. The summed E-state index contributed by atoms with van der Waals surface area (Å²) in [6.45, 7) is 4.34. The molecule has 136 valence electrons. The highest BCUT2D eigenvalue weighted by Gasteiger charge is 2.42. The Morgan fingerprint density at radius 1 is 1.19 bits per heavy atom. The summed E-state index contributed by atoms with van der Waals surface area (Å²) in [5.41, 5.74) is 1.60. The van der Waals surface area contributed by atoms with E-state index in [2.05, 4.69) is 9.88 Å². The molecule has 2 aliphatic rings. The lowest BCUT2D eigenvalue weighted by molar-refractivity contribution is 0.0936. The molecule has 0 amide bonds. The number of benzene rings is 1. The van der Waals surface area contributed by atoms with E-state index in [0.717, 1.165) is 37.4 Å². The molecule has 0 radical (unpaired) electrons. The molecule has 4 rings (SSSR count). The minimum absolute atomic E-state index is 0.115. The fourth-order valence-corrected chi connectivity index (χ4v) is 4.28. The van der Waals surface area contributed by atoms with Gasteiger partial charge in [-0.05, 0) is 68.0 Å². The fourth-order valence-electron chi connectivity index (χ4n) is 4.28. The number of pyridine rings is 1. The van der Waals surface area contributed by atoms with Crippen molar-refractivity contribution in [1.82, 2.24) is 9.88 Å². The zero-order valence-electron chi connectivity index (χ0n) is 15.0. The molecule has 0 spiro atoms. The third-order valence-corrected chi connectivity index (χ3v) is 5.59. The number of aromatic nitrogens is 1. The first-order chi connectivity index (χ1) is 12.6. The summed E-state index contributed by atoms with van der Waals surface area (Å²) in [6, 6.07) is 10.4. The Bertz CT molecular complexity index is 776. The van der Waals surface area contributed by atoms with Gasteiger partial charge < -0.3 is 9.84 Å². The van der Waals surface area contributed by atoms with Crippen LogP contribution in [-0.4, -0.2) is 46.5 Å². The Labute approximate surface area is 153 Å². The molecule has 1 aromatic heterocycles. The predicted molar refractivity (Wildman–Crippen MR) is 98.5 cm³/mol. The zero-order valence-corrected chi connectivity index (χ0v) is 15.0. The summed E-state index contributed by atoms with van der Waals surface area (Å²) < 4.78 is 6.17. The summed E-state index contributed by atoms with van der Waals surface area (Å²) in [6.07, 6.45) is 4.13. The number of carbonyl (C=O) groups is 1. The third kappa shape index (κ3) is 3.58. The van der Waals surface area contributed by atoms with Crippen molar-refractivity contribution in [2.75, 3.05) is 19.6 Å². The second-order valence-electron chi connectivity index (χ2n) is 7.48. The predicted octanol–water partition coefficient (Wildman–Crippen LogP) is 3.07. The Balaban J connectivity index is 1.30. The van der Waals surface area contributed by atoms with Gasteiger partial charge >= 0.3 is 0 Å². The number of ketones is 1. The van der Waals surface area contributed by atoms with Crippen LogP contribution < -0.4 is 4.74 Å². The number of hydrogen-bond acceptors (Lipinski definition) is 5. The summed E-state index contributed by atoms with van der Waals surface area (Å²) in [7, 11) is 0. The van der Waals surface area contributed by atoms with Crippen molar-refractivity contribution in [3.8, 4) is 11.5 Å². The van der Waals surface area contributed by atoms with Crippen LogP contribution in [0.25, 0.3) is 0 Å². The van der Waals surface area contributed by atoms with Crippen LogP contribution in [0.2, 0.25) is 0 Å². The molecule has 1 N–H and O–H groups in total. The minimum Gasteiger partial charge on any atom is -0.508 e. The van der Waals surface area contributed by atoms with Crippen molar-refractivity contribution in [3.63, 3.8) is 0 Å². The standard InChI is InChI=1S/C21H24N2O3/c1-14-21(3-2-8-22-14)26-19-9-16-11-23(12-17(16)10-19)13-20(25)15-4-6-18(24)7-5-15/h2-8,16-17,19,24H,9-13H2,1H3/t16-,17+,19?. The number of Topliss-reactive ketones (excluding diaryl/α,β-unsaturated/α-hetero) is 1. The normalized spacial score (nSPS) is 25.2. The lowest BCUT2D eigenvalue weighted by Gasteiger charge is -2.19. The maximum atomic E-state index is 12.4. The van der Waals surface area contributed by atoms with E-state index in [-0.39, 0.29) is 17.6 Å². The molecule has 2 heterocycles. The largest absolute Gasteiger partial charge is 0.508 e. The molecule has 5 heteroatoms. The van der Waals surface area contributed by atoms with Gasteiger partial charge in [0.25, 0.3) is 0 Å². The first kappa shape index (κ1) is 17.0. The molecule has 0 bridgehead atoms. The second-order valence-corrected chi connectivity index (χ2v) is 7.48. The quantitative estimate of drug-likeness (QED) is 0.838. The number of ether oxygens (including phenoxy) is 1. The van der Waals surface area contributed by atoms with E-state index in [4.69, 9.17) is 4.74 Å². The van der Waals surface area contributed by atoms with Gasteiger partial charge in [0.1, 0.15) is 11.5 Å². The summed E-state index contributed by atoms with van der Waals surface area (Å²) >= 11 is 0. The van der Waals surface area contributed by atoms with Crippen molar-refractivity contribution >= 4 is 5.78 Å². The molecule has 1 aromatic carbocycles. The number of phenols is 1. The Morgan fingerprint density at radius 3 is 2.54 bits per heavy atom. The molecule has 1 saturated heterocycles. The van der Waals surface area contributed by atoms with E-state index in [1.54, 1.807) is 30.5 Å². The Morgan fingerprint density at radius 2 is 1.88 bits per heavy atom. The molecule has 26 heavy (non-hydrogen) atoms. The zero-order chi connectivity index (χ0) is 18.1. The number of aryl methyl sites for hydroxylation is 1. The van der Waals surface area contributed by atoms with Crippen molar-refractivity contribution < 1.29 is 14.6 Å². The van der Waals surface area contributed by atoms with Crippen LogP contribution in [0.1, 0.15) is 28.9 Å². The first-order valence-corrected chi connectivity index (χ1v) is 9.21. The van der Waals surface area contributed by atoms with E-state index in [0.29, 0.717) is 23.9 Å². The van der Waals surface area contributed by atoms with Crippen LogP contribution in [0, 0.1) is 18.8 Å². The van der Waals surface area contributed by atoms with Crippen LogP contribution in [0.5, 0.6) is 11.5 Å². The average Bonchev–Trinajstić information content (AvgIpc) is 3.15. The highest BCUT2D eigenvalue weighted by molar-refractivity contribution is 5.97. The van der Waals surface area contributed by atoms with Gasteiger partial charge in [0, 0.05) is 24.8 Å². The van der Waals surface area contributed by atoms with Gasteiger partial charge in [0.05, 0.1) is 18.3 Å². The molecule has 1 aliphatic carbocycles. The lowest BCUT2D eigenvalue weighted by atomic mass is 10.0. The van der Waals surface area contributed by atoms with E-state index in [1.165, 1.54) is 0 Å².